The molecule has 0 radical (unpaired) electrons. The third kappa shape index (κ3) is 3.73. The summed E-state index contributed by atoms with van der Waals surface area (Å²) in [6.07, 6.45) is 0. The lowest BCUT2D eigenvalue weighted by atomic mass is 10.1. The van der Waals surface area contributed by atoms with Gasteiger partial charge in [0.15, 0.2) is 0 Å². The Morgan fingerprint density at radius 1 is 1.50 bits per heavy atom. The molecule has 0 saturated carbocycles. The molecule has 1 aromatic carbocycles. The molecule has 0 fully saturated rings. The van der Waals surface area contributed by atoms with Gasteiger partial charge in [0.2, 0.25) is 0 Å². The smallest absolute Gasteiger partial charge is 0.340 e. The lowest BCUT2D eigenvalue weighted by molar-refractivity contribution is 0.0602. The van der Waals surface area contributed by atoms with Crippen molar-refractivity contribution in [2.75, 3.05) is 36.2 Å². The van der Waals surface area contributed by atoms with Crippen LogP contribution in [0.3, 0.4) is 0 Å². The van der Waals surface area contributed by atoms with Crippen LogP contribution in [0.5, 0.6) is 0 Å². The number of carbonyl (C=O) groups excluding carboxylic acids is 1. The third-order valence-electron chi connectivity index (χ3n) is 2.46. The van der Waals surface area contributed by atoms with Crippen molar-refractivity contribution in [3.63, 3.8) is 0 Å². The number of nitrogens with one attached hydrogen (secondary N) is 1. The van der Waals surface area contributed by atoms with Gasteiger partial charge in [-0.1, -0.05) is 13.0 Å². The number of anilines is 2. The average molecular weight is 270 g/mol. The average Bonchev–Trinajstić information content (AvgIpc) is 2.39. The number of ether oxygens (including phenoxy) is 1. The first-order valence-electron chi connectivity index (χ1n) is 5.65. The van der Waals surface area contributed by atoms with Crippen molar-refractivity contribution >= 4 is 28.1 Å². The molecule has 0 saturated heterocycles. The minimum absolute atomic E-state index is 0.389. The third-order valence-corrected chi connectivity index (χ3v) is 3.76. The quantitative estimate of drug-likeness (QED) is 0.600. The van der Waals surface area contributed by atoms with Crippen molar-refractivity contribution in [1.82, 2.24) is 0 Å². The Morgan fingerprint density at radius 2 is 2.22 bits per heavy atom. The molecule has 1 atom stereocenters. The number of carbonyl (C=O) groups is 1. The number of methoxy groups -OCH3 is 1. The molecule has 0 spiro atoms. The molecule has 100 valence electrons. The molecule has 0 heterocycles. The minimum atomic E-state index is -0.846. The van der Waals surface area contributed by atoms with Crippen molar-refractivity contribution < 1.29 is 13.7 Å². The molecular weight excluding hydrogens is 252 g/mol. The summed E-state index contributed by atoms with van der Waals surface area (Å²) in [5, 5.41) is 3.04. The molecule has 1 rings (SSSR count). The van der Waals surface area contributed by atoms with E-state index in [1.807, 2.05) is 6.92 Å². The second-order valence-electron chi connectivity index (χ2n) is 3.62. The highest BCUT2D eigenvalue weighted by Gasteiger charge is 2.13. The van der Waals surface area contributed by atoms with E-state index in [2.05, 4.69) is 10.1 Å². The molecule has 6 heteroatoms. The van der Waals surface area contributed by atoms with Crippen molar-refractivity contribution in [3.05, 3.63) is 23.8 Å². The van der Waals surface area contributed by atoms with Crippen LogP contribution in [0.4, 0.5) is 11.4 Å². The van der Waals surface area contributed by atoms with Crippen molar-refractivity contribution in [1.29, 1.82) is 0 Å². The van der Waals surface area contributed by atoms with Gasteiger partial charge in [-0.05, 0) is 12.1 Å². The van der Waals surface area contributed by atoms with Crippen LogP contribution >= 0.6 is 0 Å². The zero-order valence-corrected chi connectivity index (χ0v) is 11.4. The molecule has 0 amide bonds. The highest BCUT2D eigenvalue weighted by Crippen LogP contribution is 2.23. The first-order valence-corrected chi connectivity index (χ1v) is 7.14. The van der Waals surface area contributed by atoms with Gasteiger partial charge in [0.05, 0.1) is 24.0 Å². The van der Waals surface area contributed by atoms with Crippen LogP contribution in [0.2, 0.25) is 0 Å². The predicted octanol–water partition coefficient (Wildman–Crippen LogP) is 1.24. The van der Waals surface area contributed by atoms with Crippen LogP contribution in [0.25, 0.3) is 0 Å². The fourth-order valence-corrected chi connectivity index (χ4v) is 2.10. The first kappa shape index (κ1) is 14.5. The summed E-state index contributed by atoms with van der Waals surface area (Å²) >= 11 is 0. The maximum atomic E-state index is 11.6. The maximum absolute atomic E-state index is 11.6. The summed E-state index contributed by atoms with van der Waals surface area (Å²) in [5.74, 6) is 0.697. The summed E-state index contributed by atoms with van der Waals surface area (Å²) in [4.78, 5) is 11.6. The fraction of sp³-hybridized carbons (Fsp3) is 0.417. The molecule has 1 unspecified atom stereocenters. The summed E-state index contributed by atoms with van der Waals surface area (Å²) < 4.78 is 16.0. The molecule has 0 aromatic heterocycles. The number of rotatable bonds is 6. The Morgan fingerprint density at radius 3 is 2.83 bits per heavy atom. The van der Waals surface area contributed by atoms with Crippen LogP contribution in [0.1, 0.15) is 17.3 Å². The predicted molar refractivity (Wildman–Crippen MR) is 74.2 cm³/mol. The van der Waals surface area contributed by atoms with Crippen LogP contribution in [-0.2, 0) is 15.5 Å². The Labute approximate surface area is 109 Å². The van der Waals surface area contributed by atoms with Crippen LogP contribution in [0, 0.1) is 0 Å². The highest BCUT2D eigenvalue weighted by atomic mass is 32.2. The van der Waals surface area contributed by atoms with Gasteiger partial charge in [0, 0.05) is 28.9 Å². The monoisotopic (exact) mass is 270 g/mol. The fourth-order valence-electron chi connectivity index (χ4n) is 1.48. The van der Waals surface area contributed by atoms with E-state index in [1.165, 1.54) is 7.11 Å². The van der Waals surface area contributed by atoms with E-state index >= 15 is 0 Å². The topological polar surface area (TPSA) is 81.4 Å². The van der Waals surface area contributed by atoms with Gasteiger partial charge in [0.1, 0.15) is 0 Å². The number of benzene rings is 1. The van der Waals surface area contributed by atoms with E-state index < -0.39 is 16.8 Å². The number of esters is 1. The summed E-state index contributed by atoms with van der Waals surface area (Å²) in [6.45, 7) is 2.37. The van der Waals surface area contributed by atoms with Gasteiger partial charge in [-0.25, -0.2) is 4.79 Å². The molecule has 5 nitrogen and oxygen atoms in total. The summed E-state index contributed by atoms with van der Waals surface area (Å²) in [7, 11) is 0.475. The number of hydrogen-bond donors (Lipinski definition) is 2. The first-order chi connectivity index (χ1) is 8.60. The molecule has 0 aliphatic carbocycles. The van der Waals surface area contributed by atoms with E-state index in [0.29, 0.717) is 35.0 Å². The Balaban J connectivity index is 2.80. The molecule has 18 heavy (non-hydrogen) atoms. The van der Waals surface area contributed by atoms with Gasteiger partial charge in [-0.15, -0.1) is 0 Å². The van der Waals surface area contributed by atoms with Gasteiger partial charge in [-0.3, -0.25) is 4.21 Å². The van der Waals surface area contributed by atoms with Gasteiger partial charge >= 0.3 is 5.97 Å². The lowest BCUT2D eigenvalue weighted by Gasteiger charge is -2.12. The van der Waals surface area contributed by atoms with Crippen molar-refractivity contribution in [2.24, 2.45) is 0 Å². The number of hydrogen-bond acceptors (Lipinski definition) is 5. The van der Waals surface area contributed by atoms with E-state index in [1.54, 1.807) is 18.2 Å². The number of nitrogens with two attached hydrogens (primary N) is 1. The van der Waals surface area contributed by atoms with E-state index in [9.17, 15) is 9.00 Å². The zero-order chi connectivity index (χ0) is 13.5. The molecule has 0 aliphatic rings. The van der Waals surface area contributed by atoms with E-state index in [0.717, 1.165) is 0 Å². The van der Waals surface area contributed by atoms with E-state index in [4.69, 9.17) is 5.73 Å². The van der Waals surface area contributed by atoms with Gasteiger partial charge in [-0.2, -0.15) is 0 Å². The Bertz CT molecular complexity index is 449. The van der Waals surface area contributed by atoms with Crippen LogP contribution in [0.15, 0.2) is 18.2 Å². The zero-order valence-electron chi connectivity index (χ0n) is 10.6. The molecule has 0 aliphatic heterocycles. The standard InChI is InChI=1S/C12H18N2O3S/c1-3-18(16)8-7-14-11-9(12(15)17-2)5-4-6-10(11)13/h4-6,14H,3,7-8,13H2,1-2H3. The largest absolute Gasteiger partial charge is 0.465 e. The maximum Gasteiger partial charge on any atom is 0.340 e. The minimum Gasteiger partial charge on any atom is -0.465 e. The number of para-hydroxylation sites is 1. The van der Waals surface area contributed by atoms with Crippen LogP contribution < -0.4 is 11.1 Å². The van der Waals surface area contributed by atoms with E-state index in [-0.39, 0.29) is 0 Å². The lowest BCUT2D eigenvalue weighted by Crippen LogP contribution is -2.16. The molecule has 0 bridgehead atoms. The second kappa shape index (κ2) is 7.00. The van der Waals surface area contributed by atoms with Gasteiger partial charge < -0.3 is 15.8 Å². The molecule has 3 N–H and O–H groups in total. The normalized spacial score (nSPS) is 11.9. The van der Waals surface area contributed by atoms with Gasteiger partial charge in [0.25, 0.3) is 0 Å². The molecule has 1 aromatic rings. The van der Waals surface area contributed by atoms with Crippen LogP contribution in [-0.4, -0.2) is 35.3 Å². The second-order valence-corrected chi connectivity index (χ2v) is 5.49. The van der Waals surface area contributed by atoms with Crippen molar-refractivity contribution in [2.45, 2.75) is 6.92 Å². The molecular formula is C12H18N2O3S. The highest BCUT2D eigenvalue weighted by molar-refractivity contribution is 7.84. The number of nitrogen functional groups attached to an aromatic ring is 1. The Kier molecular flexibility index (Phi) is 5.64. The summed E-state index contributed by atoms with van der Waals surface area (Å²) in [5.41, 5.74) is 7.22. The van der Waals surface area contributed by atoms with Crippen molar-refractivity contribution in [3.8, 4) is 0 Å². The summed E-state index contributed by atoms with van der Waals surface area (Å²) in [6, 6.07) is 5.03. The Hall–Kier alpha value is -1.56. The SMILES string of the molecule is CCS(=O)CCNc1c(N)cccc1C(=O)OC.